The van der Waals surface area contributed by atoms with Crippen molar-refractivity contribution in [1.82, 2.24) is 9.97 Å². The van der Waals surface area contributed by atoms with Crippen molar-refractivity contribution in [2.75, 3.05) is 6.61 Å². The molecule has 0 radical (unpaired) electrons. The third kappa shape index (κ3) is 7.61. The van der Waals surface area contributed by atoms with Crippen LogP contribution >= 0.6 is 0 Å². The van der Waals surface area contributed by atoms with E-state index in [-0.39, 0.29) is 5.82 Å². The van der Waals surface area contributed by atoms with Crippen molar-refractivity contribution in [3.63, 3.8) is 0 Å². The molecule has 0 fully saturated rings. The van der Waals surface area contributed by atoms with Gasteiger partial charge in [0.1, 0.15) is 5.82 Å². The van der Waals surface area contributed by atoms with Crippen LogP contribution in [0.4, 0.5) is 4.39 Å². The average Bonchev–Trinajstić information content (AvgIpc) is 2.81. The van der Waals surface area contributed by atoms with E-state index in [1.807, 2.05) is 42.6 Å². The predicted molar refractivity (Wildman–Crippen MR) is 137 cm³/mol. The summed E-state index contributed by atoms with van der Waals surface area (Å²) >= 11 is 0. The Kier molecular flexibility index (Phi) is 9.77. The summed E-state index contributed by atoms with van der Waals surface area (Å²) in [5.74, 6) is 0.467. The quantitative estimate of drug-likeness (QED) is 0.197. The van der Waals surface area contributed by atoms with Crippen LogP contribution in [0.25, 0.3) is 28.1 Å². The smallest absolute Gasteiger partial charge is 0.152 e. The van der Waals surface area contributed by atoms with E-state index in [0.29, 0.717) is 23.9 Å². The average molecular weight is 447 g/mol. The van der Waals surface area contributed by atoms with Crippen molar-refractivity contribution in [2.45, 2.75) is 64.9 Å². The molecule has 3 aromatic rings. The SMILES string of the molecule is C=CCc1ccc(-c2ccc3nc(/C=C/CCCC(C)OCCCCC)ncc3c2)c(F)c1. The highest BCUT2D eigenvalue weighted by Gasteiger charge is 2.08. The predicted octanol–water partition coefficient (Wildman–Crippen LogP) is 7.94. The van der Waals surface area contributed by atoms with E-state index < -0.39 is 0 Å². The third-order valence-electron chi connectivity index (χ3n) is 5.72. The van der Waals surface area contributed by atoms with Gasteiger partial charge in [-0.15, -0.1) is 6.58 Å². The van der Waals surface area contributed by atoms with Crippen LogP contribution in [0.1, 0.15) is 63.8 Å². The van der Waals surface area contributed by atoms with Crippen LogP contribution < -0.4 is 0 Å². The van der Waals surface area contributed by atoms with E-state index in [9.17, 15) is 4.39 Å². The van der Waals surface area contributed by atoms with Crippen LogP contribution in [-0.2, 0) is 11.2 Å². The number of fused-ring (bicyclic) bond motifs is 1. The van der Waals surface area contributed by atoms with E-state index in [1.165, 1.54) is 12.8 Å². The Balaban J connectivity index is 1.56. The fourth-order valence-corrected chi connectivity index (χ4v) is 3.81. The highest BCUT2D eigenvalue weighted by Crippen LogP contribution is 2.27. The molecule has 0 amide bonds. The van der Waals surface area contributed by atoms with Crippen molar-refractivity contribution in [3.8, 4) is 11.1 Å². The summed E-state index contributed by atoms with van der Waals surface area (Å²) in [5.41, 5.74) is 3.17. The Labute approximate surface area is 197 Å². The first-order chi connectivity index (χ1) is 16.1. The molecule has 0 saturated carbocycles. The normalized spacial score (nSPS) is 12.5. The van der Waals surface area contributed by atoms with Gasteiger partial charge in [-0.25, -0.2) is 14.4 Å². The zero-order chi connectivity index (χ0) is 23.5. The fraction of sp³-hybridized carbons (Fsp3) is 0.379. The number of benzene rings is 2. The van der Waals surface area contributed by atoms with Crippen molar-refractivity contribution < 1.29 is 9.13 Å². The molecule has 3 nitrogen and oxygen atoms in total. The van der Waals surface area contributed by atoms with E-state index >= 15 is 0 Å². The van der Waals surface area contributed by atoms with Gasteiger partial charge in [-0.1, -0.05) is 50.1 Å². The molecule has 1 unspecified atom stereocenters. The number of rotatable bonds is 13. The second kappa shape index (κ2) is 13.0. The molecular weight excluding hydrogens is 411 g/mol. The lowest BCUT2D eigenvalue weighted by Crippen LogP contribution is -2.08. The van der Waals surface area contributed by atoms with E-state index in [1.54, 1.807) is 12.1 Å². The van der Waals surface area contributed by atoms with Crippen molar-refractivity contribution in [2.24, 2.45) is 0 Å². The van der Waals surface area contributed by atoms with Gasteiger partial charge in [-0.3, -0.25) is 0 Å². The molecule has 4 heteroatoms. The fourth-order valence-electron chi connectivity index (χ4n) is 3.81. The van der Waals surface area contributed by atoms with Gasteiger partial charge in [-0.2, -0.15) is 0 Å². The summed E-state index contributed by atoms with van der Waals surface area (Å²) in [6.07, 6.45) is 15.4. The molecule has 0 aliphatic carbocycles. The summed E-state index contributed by atoms with van der Waals surface area (Å²) in [6.45, 7) is 8.93. The second-order valence-electron chi connectivity index (χ2n) is 8.53. The van der Waals surface area contributed by atoms with Crippen LogP contribution in [0.15, 0.2) is 61.3 Å². The summed E-state index contributed by atoms with van der Waals surface area (Å²) in [6, 6.07) is 11.1. The van der Waals surface area contributed by atoms with Gasteiger partial charge in [0.15, 0.2) is 5.82 Å². The van der Waals surface area contributed by atoms with Gasteiger partial charge in [0, 0.05) is 23.8 Å². The maximum Gasteiger partial charge on any atom is 0.152 e. The molecule has 1 atom stereocenters. The molecule has 0 bridgehead atoms. The molecular formula is C29H35FN2O. The lowest BCUT2D eigenvalue weighted by molar-refractivity contribution is 0.0566. The van der Waals surface area contributed by atoms with Crippen LogP contribution in [-0.4, -0.2) is 22.7 Å². The first-order valence-corrected chi connectivity index (χ1v) is 12.1. The van der Waals surface area contributed by atoms with Crippen LogP contribution in [0.3, 0.4) is 0 Å². The number of allylic oxidation sites excluding steroid dienone is 2. The molecule has 0 aliphatic heterocycles. The minimum Gasteiger partial charge on any atom is -0.379 e. The largest absolute Gasteiger partial charge is 0.379 e. The summed E-state index contributed by atoms with van der Waals surface area (Å²) in [4.78, 5) is 9.10. The summed E-state index contributed by atoms with van der Waals surface area (Å²) in [7, 11) is 0. The van der Waals surface area contributed by atoms with Crippen molar-refractivity contribution in [1.29, 1.82) is 0 Å². The molecule has 0 spiro atoms. The van der Waals surface area contributed by atoms with E-state index in [4.69, 9.17) is 4.74 Å². The number of halogens is 1. The molecule has 0 N–H and O–H groups in total. The molecule has 0 saturated heterocycles. The number of unbranched alkanes of at least 4 members (excludes halogenated alkanes) is 3. The number of nitrogens with zero attached hydrogens (tertiary/aromatic N) is 2. The summed E-state index contributed by atoms with van der Waals surface area (Å²) < 4.78 is 20.4. The van der Waals surface area contributed by atoms with Crippen LogP contribution in [0.2, 0.25) is 0 Å². The van der Waals surface area contributed by atoms with Crippen LogP contribution in [0, 0.1) is 5.82 Å². The number of hydrogen-bond acceptors (Lipinski definition) is 3. The molecule has 1 heterocycles. The highest BCUT2D eigenvalue weighted by atomic mass is 19.1. The number of ether oxygens (including phenoxy) is 1. The molecule has 33 heavy (non-hydrogen) atoms. The monoisotopic (exact) mass is 446 g/mol. The second-order valence-corrected chi connectivity index (χ2v) is 8.53. The van der Waals surface area contributed by atoms with Gasteiger partial charge >= 0.3 is 0 Å². The van der Waals surface area contributed by atoms with Crippen LogP contribution in [0.5, 0.6) is 0 Å². The molecule has 174 valence electrons. The Bertz CT molecular complexity index is 1080. The zero-order valence-electron chi connectivity index (χ0n) is 19.9. The van der Waals surface area contributed by atoms with Gasteiger partial charge in [0.05, 0.1) is 11.6 Å². The Hall–Kier alpha value is -2.85. The van der Waals surface area contributed by atoms with Gasteiger partial charge in [0.2, 0.25) is 0 Å². The first-order valence-electron chi connectivity index (χ1n) is 12.1. The molecule has 1 aromatic heterocycles. The number of aromatic nitrogens is 2. The molecule has 3 rings (SSSR count). The standard InChI is InChI=1S/C29H35FN2O/c1-4-6-10-18-33-22(3)12-8-7-9-13-29-31-21-25-20-24(15-17-28(25)32-29)26-16-14-23(11-5-2)19-27(26)30/h5,9,13-17,19-22H,2,4,6-8,10-12,18H2,1,3H3/b13-9+. The zero-order valence-corrected chi connectivity index (χ0v) is 19.9. The van der Waals surface area contributed by atoms with Gasteiger partial charge in [0.25, 0.3) is 0 Å². The minimum atomic E-state index is -0.227. The minimum absolute atomic E-state index is 0.227. The van der Waals surface area contributed by atoms with Crippen molar-refractivity contribution >= 4 is 17.0 Å². The van der Waals surface area contributed by atoms with Gasteiger partial charge in [-0.05, 0) is 74.4 Å². The topological polar surface area (TPSA) is 35.0 Å². The highest BCUT2D eigenvalue weighted by molar-refractivity contribution is 5.84. The van der Waals surface area contributed by atoms with E-state index in [2.05, 4.69) is 36.5 Å². The Morgan fingerprint density at radius 1 is 1.12 bits per heavy atom. The number of hydrogen-bond donors (Lipinski definition) is 0. The van der Waals surface area contributed by atoms with E-state index in [0.717, 1.165) is 54.3 Å². The van der Waals surface area contributed by atoms with Crippen molar-refractivity contribution in [3.05, 3.63) is 78.5 Å². The van der Waals surface area contributed by atoms with Gasteiger partial charge < -0.3 is 4.74 Å². The maximum atomic E-state index is 14.6. The third-order valence-corrected chi connectivity index (χ3v) is 5.72. The Morgan fingerprint density at radius 2 is 2.00 bits per heavy atom. The lowest BCUT2D eigenvalue weighted by atomic mass is 10.0. The summed E-state index contributed by atoms with van der Waals surface area (Å²) in [5, 5.41) is 0.897. The maximum absolute atomic E-state index is 14.6. The Morgan fingerprint density at radius 3 is 2.79 bits per heavy atom. The molecule has 2 aromatic carbocycles. The lowest BCUT2D eigenvalue weighted by Gasteiger charge is -2.11. The molecule has 0 aliphatic rings. The first kappa shape index (κ1) is 24.8.